The van der Waals surface area contributed by atoms with Crippen LogP contribution >= 0.6 is 0 Å². The van der Waals surface area contributed by atoms with Crippen LogP contribution < -0.4 is 0 Å². The van der Waals surface area contributed by atoms with Crippen molar-refractivity contribution in [3.63, 3.8) is 0 Å². The molecule has 0 amide bonds. The smallest absolute Gasteiger partial charge is 0.306 e. The predicted molar refractivity (Wildman–Crippen MR) is 288 cm³/mol. The SMILES string of the molecule is CC/C=C\C/C=C\C/C=C\C/C=C\CCCCCCC(=O)O[C@@H](COC(=O)CCC/C=C\C/C=C\C/C=C\CCCCCCCC)COC(=O)CCCCCCC/C=C\C/C=C\CCCCC. The topological polar surface area (TPSA) is 78.9 Å². The maximum Gasteiger partial charge on any atom is 0.306 e. The van der Waals surface area contributed by atoms with E-state index in [1.54, 1.807) is 0 Å². The fraction of sp³-hybridized carbons (Fsp3) is 0.656. The molecule has 0 heterocycles. The molecule has 0 rings (SSSR count). The zero-order valence-electron chi connectivity index (χ0n) is 43.4. The number of ether oxygens (including phenoxy) is 3. The molecule has 0 aromatic heterocycles. The summed E-state index contributed by atoms with van der Waals surface area (Å²) in [7, 11) is 0. The van der Waals surface area contributed by atoms with Gasteiger partial charge in [0, 0.05) is 19.3 Å². The Morgan fingerprint density at radius 3 is 1.00 bits per heavy atom. The minimum atomic E-state index is -0.819. The largest absolute Gasteiger partial charge is 0.462 e. The highest BCUT2D eigenvalue weighted by molar-refractivity contribution is 5.71. The molecule has 6 heteroatoms. The summed E-state index contributed by atoms with van der Waals surface area (Å²) in [6, 6.07) is 0. The first-order valence-electron chi connectivity index (χ1n) is 27.4. The summed E-state index contributed by atoms with van der Waals surface area (Å²) >= 11 is 0. The zero-order chi connectivity index (χ0) is 48.6. The molecule has 67 heavy (non-hydrogen) atoms. The van der Waals surface area contributed by atoms with E-state index in [1.165, 1.54) is 70.6 Å². The number of hydrogen-bond donors (Lipinski definition) is 0. The molecule has 0 spiro atoms. The molecule has 0 N–H and O–H groups in total. The average molecular weight is 929 g/mol. The lowest BCUT2D eigenvalue weighted by molar-refractivity contribution is -0.167. The second-order valence-electron chi connectivity index (χ2n) is 17.7. The summed E-state index contributed by atoms with van der Waals surface area (Å²) in [4.78, 5) is 38.1. The third-order valence-electron chi connectivity index (χ3n) is 11.2. The third kappa shape index (κ3) is 52.9. The summed E-state index contributed by atoms with van der Waals surface area (Å²) in [5.41, 5.74) is 0. The molecule has 0 aliphatic rings. The number of carbonyl (C=O) groups excluding carboxylic acids is 3. The van der Waals surface area contributed by atoms with Crippen LogP contribution in [0.3, 0.4) is 0 Å². The Morgan fingerprint density at radius 2 is 0.597 bits per heavy atom. The van der Waals surface area contributed by atoms with E-state index in [4.69, 9.17) is 14.2 Å². The van der Waals surface area contributed by atoms with E-state index >= 15 is 0 Å². The van der Waals surface area contributed by atoms with Gasteiger partial charge in [0.05, 0.1) is 0 Å². The summed E-state index contributed by atoms with van der Waals surface area (Å²) in [6.07, 6.45) is 73.6. The molecule has 0 bridgehead atoms. The molecule has 1 atom stereocenters. The zero-order valence-corrected chi connectivity index (χ0v) is 43.4. The van der Waals surface area contributed by atoms with E-state index in [2.05, 4.69) is 130 Å². The molecule has 0 unspecified atom stereocenters. The molecule has 0 radical (unpaired) electrons. The van der Waals surface area contributed by atoms with Crippen molar-refractivity contribution in [2.24, 2.45) is 0 Å². The van der Waals surface area contributed by atoms with Crippen LogP contribution in [0.1, 0.15) is 239 Å². The molecule has 0 saturated heterocycles. The molecule has 0 aromatic rings. The highest BCUT2D eigenvalue weighted by Gasteiger charge is 2.19. The van der Waals surface area contributed by atoms with Gasteiger partial charge in [-0.2, -0.15) is 0 Å². The van der Waals surface area contributed by atoms with Gasteiger partial charge in [0.2, 0.25) is 0 Å². The lowest BCUT2D eigenvalue weighted by atomic mass is 10.1. The first-order valence-corrected chi connectivity index (χ1v) is 27.4. The van der Waals surface area contributed by atoms with Crippen molar-refractivity contribution in [2.45, 2.75) is 245 Å². The first-order chi connectivity index (χ1) is 33.0. The van der Waals surface area contributed by atoms with E-state index in [-0.39, 0.29) is 44.0 Å². The van der Waals surface area contributed by atoms with Crippen molar-refractivity contribution in [2.75, 3.05) is 13.2 Å². The maximum absolute atomic E-state index is 12.8. The molecule has 380 valence electrons. The van der Waals surface area contributed by atoms with Gasteiger partial charge in [-0.25, -0.2) is 0 Å². The van der Waals surface area contributed by atoms with Crippen LogP contribution in [0.15, 0.2) is 109 Å². The number of esters is 3. The van der Waals surface area contributed by atoms with Gasteiger partial charge in [0.15, 0.2) is 6.10 Å². The number of rotatable bonds is 48. The van der Waals surface area contributed by atoms with Gasteiger partial charge in [0.25, 0.3) is 0 Å². The van der Waals surface area contributed by atoms with Crippen molar-refractivity contribution in [3.8, 4) is 0 Å². The monoisotopic (exact) mass is 929 g/mol. The molecular weight excluding hydrogens is 829 g/mol. The highest BCUT2D eigenvalue weighted by atomic mass is 16.6. The summed E-state index contributed by atoms with van der Waals surface area (Å²) in [5.74, 6) is -1.01. The van der Waals surface area contributed by atoms with Gasteiger partial charge in [-0.1, -0.05) is 207 Å². The molecule has 6 nitrogen and oxygen atoms in total. The predicted octanol–water partition coefficient (Wildman–Crippen LogP) is 18.3. The Hall–Kier alpha value is -3.93. The van der Waals surface area contributed by atoms with Crippen LogP contribution in [0.4, 0.5) is 0 Å². The van der Waals surface area contributed by atoms with Crippen molar-refractivity contribution in [1.29, 1.82) is 0 Å². The van der Waals surface area contributed by atoms with Crippen molar-refractivity contribution >= 4 is 17.9 Å². The van der Waals surface area contributed by atoms with Gasteiger partial charge in [-0.15, -0.1) is 0 Å². The Bertz CT molecular complexity index is 1390. The minimum absolute atomic E-state index is 0.113. The van der Waals surface area contributed by atoms with E-state index in [9.17, 15) is 14.4 Å². The van der Waals surface area contributed by atoms with E-state index in [0.29, 0.717) is 12.8 Å². The number of unbranched alkanes of at least 4 members (excludes halogenated alkanes) is 19. The van der Waals surface area contributed by atoms with Gasteiger partial charge in [-0.3, -0.25) is 14.4 Å². The summed E-state index contributed by atoms with van der Waals surface area (Å²) in [6.45, 7) is 6.41. The van der Waals surface area contributed by atoms with E-state index < -0.39 is 6.10 Å². The molecular formula is C61H100O6. The first kappa shape index (κ1) is 63.1. The van der Waals surface area contributed by atoms with Gasteiger partial charge >= 0.3 is 17.9 Å². The van der Waals surface area contributed by atoms with Crippen molar-refractivity contribution in [3.05, 3.63) is 109 Å². The second kappa shape index (κ2) is 54.7. The van der Waals surface area contributed by atoms with Gasteiger partial charge < -0.3 is 14.2 Å². The fourth-order valence-electron chi connectivity index (χ4n) is 7.13. The van der Waals surface area contributed by atoms with Crippen LogP contribution in [0.2, 0.25) is 0 Å². The van der Waals surface area contributed by atoms with Crippen LogP contribution in [-0.2, 0) is 28.6 Å². The molecule has 0 fully saturated rings. The average Bonchev–Trinajstić information content (AvgIpc) is 3.33. The summed E-state index contributed by atoms with van der Waals surface area (Å²) in [5, 5.41) is 0. The lowest BCUT2D eigenvalue weighted by Crippen LogP contribution is -2.30. The van der Waals surface area contributed by atoms with Gasteiger partial charge in [0.1, 0.15) is 13.2 Å². The highest BCUT2D eigenvalue weighted by Crippen LogP contribution is 2.12. The van der Waals surface area contributed by atoms with Crippen LogP contribution in [0.25, 0.3) is 0 Å². The van der Waals surface area contributed by atoms with Crippen LogP contribution in [-0.4, -0.2) is 37.2 Å². The molecule has 0 aliphatic heterocycles. The Balaban J connectivity index is 4.55. The second-order valence-corrected chi connectivity index (χ2v) is 17.7. The maximum atomic E-state index is 12.8. The quantitative estimate of drug-likeness (QED) is 0.0262. The van der Waals surface area contributed by atoms with Gasteiger partial charge in [-0.05, 0) is 122 Å². The number of allylic oxidation sites excluding steroid dienone is 18. The minimum Gasteiger partial charge on any atom is -0.462 e. The fourth-order valence-corrected chi connectivity index (χ4v) is 7.13. The Labute approximate surface area is 412 Å². The van der Waals surface area contributed by atoms with Crippen LogP contribution in [0.5, 0.6) is 0 Å². The van der Waals surface area contributed by atoms with Crippen molar-refractivity contribution < 1.29 is 28.6 Å². The van der Waals surface area contributed by atoms with Crippen LogP contribution in [0, 0.1) is 0 Å². The van der Waals surface area contributed by atoms with E-state index in [0.717, 1.165) is 122 Å². The summed E-state index contributed by atoms with van der Waals surface area (Å²) < 4.78 is 16.8. The standard InChI is InChI=1S/C61H100O6/c1-4-7-10-13-16-19-22-25-28-30-33-36-39-42-45-48-51-54-60(63)66-57-58(56-65-59(62)53-50-47-44-41-38-35-32-27-24-21-18-15-12-9-6-3)67-61(64)55-52-49-46-43-40-37-34-31-29-26-23-20-17-14-11-8-5-2/h8,11,17-18,20-21,25-29,32-34,36-37,42,45,58H,4-7,9-10,12-16,19,22-24,30-31,35,38-41,43-44,46-57H2,1-3H3/b11-8-,20-17-,21-18-,28-25-,29-26-,32-27-,36-33-,37-34-,45-42-/t58-/m1/s1. The Kier molecular flexibility index (Phi) is 51.5. The van der Waals surface area contributed by atoms with Crippen molar-refractivity contribution in [1.82, 2.24) is 0 Å². The number of hydrogen-bond acceptors (Lipinski definition) is 6. The van der Waals surface area contributed by atoms with E-state index in [1.807, 2.05) is 0 Å². The third-order valence-corrected chi connectivity index (χ3v) is 11.2. The molecule has 0 aliphatic carbocycles. The number of carbonyl (C=O) groups is 3. The normalized spacial score (nSPS) is 12.9. The molecule has 0 saturated carbocycles. The Morgan fingerprint density at radius 1 is 0.313 bits per heavy atom. The molecule has 0 aromatic carbocycles. The lowest BCUT2D eigenvalue weighted by Gasteiger charge is -2.18.